The summed E-state index contributed by atoms with van der Waals surface area (Å²) in [6.07, 6.45) is 0. The molecule has 0 amide bonds. The molecule has 0 unspecified atom stereocenters. The number of carbonyl (C=O) groups is 2. The molecular weight excluding hydrogens is 320 g/mol. The molecule has 8 nitrogen and oxygen atoms in total. The first-order valence-electron chi connectivity index (χ1n) is 6.18. The summed E-state index contributed by atoms with van der Waals surface area (Å²) in [7, 11) is 1.82. The van der Waals surface area contributed by atoms with Gasteiger partial charge in [0.15, 0.2) is 5.92 Å². The van der Waals surface area contributed by atoms with Crippen molar-refractivity contribution in [1.29, 1.82) is 0 Å². The smallest absolute Gasteiger partial charge is 0.320 e. The number of hydrogen-bond acceptors (Lipinski definition) is 7. The van der Waals surface area contributed by atoms with Crippen LogP contribution >= 0.6 is 0 Å². The SMILES string of the molecule is COC(=O)C(C(=O)OC)[C@@H](C[N+](=O)[O-])c1c(F)cc(O)cc1F. The zero-order chi connectivity index (χ0) is 17.7. The molecule has 0 saturated heterocycles. The molecular formula is C13H13F2NO7. The van der Waals surface area contributed by atoms with E-state index in [4.69, 9.17) is 5.11 Å². The van der Waals surface area contributed by atoms with E-state index in [1.165, 1.54) is 0 Å². The minimum atomic E-state index is -1.94. The molecule has 1 N–H and O–H groups in total. The molecule has 0 spiro atoms. The van der Waals surface area contributed by atoms with Gasteiger partial charge in [-0.15, -0.1) is 0 Å². The second-order valence-corrected chi connectivity index (χ2v) is 4.47. The fraction of sp³-hybridized carbons (Fsp3) is 0.385. The Morgan fingerprint density at radius 1 is 1.22 bits per heavy atom. The van der Waals surface area contributed by atoms with Gasteiger partial charge in [-0.2, -0.15) is 0 Å². The number of hydrogen-bond donors (Lipinski definition) is 1. The van der Waals surface area contributed by atoms with Crippen molar-refractivity contribution < 1.29 is 37.9 Å². The highest BCUT2D eigenvalue weighted by molar-refractivity contribution is 5.96. The van der Waals surface area contributed by atoms with Crippen LogP contribution in [0.15, 0.2) is 12.1 Å². The van der Waals surface area contributed by atoms with Crippen molar-refractivity contribution in [3.63, 3.8) is 0 Å². The van der Waals surface area contributed by atoms with Crippen molar-refractivity contribution in [1.82, 2.24) is 0 Å². The number of nitro groups is 1. The van der Waals surface area contributed by atoms with Gasteiger partial charge in [0.2, 0.25) is 6.54 Å². The average Bonchev–Trinajstić information content (AvgIpc) is 2.45. The number of phenolic OH excluding ortho intramolecular Hbond substituents is 1. The highest BCUT2D eigenvalue weighted by Gasteiger charge is 2.43. The number of halogens is 2. The number of nitrogens with zero attached hydrogens (tertiary/aromatic N) is 1. The maximum Gasteiger partial charge on any atom is 0.320 e. The van der Waals surface area contributed by atoms with Crippen LogP contribution in [-0.2, 0) is 19.1 Å². The normalized spacial score (nSPS) is 11.9. The van der Waals surface area contributed by atoms with Gasteiger partial charge in [-0.1, -0.05) is 0 Å². The predicted octanol–water partition coefficient (Wildman–Crippen LogP) is 0.993. The van der Waals surface area contributed by atoms with Crippen LogP contribution in [0.3, 0.4) is 0 Å². The largest absolute Gasteiger partial charge is 0.508 e. The Morgan fingerprint density at radius 3 is 2.00 bits per heavy atom. The lowest BCUT2D eigenvalue weighted by molar-refractivity contribution is -0.484. The van der Waals surface area contributed by atoms with Crippen molar-refractivity contribution in [3.05, 3.63) is 39.4 Å². The van der Waals surface area contributed by atoms with Gasteiger partial charge < -0.3 is 14.6 Å². The van der Waals surface area contributed by atoms with E-state index in [9.17, 15) is 28.5 Å². The summed E-state index contributed by atoms with van der Waals surface area (Å²) >= 11 is 0. The Labute approximate surface area is 128 Å². The molecule has 1 rings (SSSR count). The lowest BCUT2D eigenvalue weighted by Gasteiger charge is -2.21. The number of phenols is 1. The van der Waals surface area contributed by atoms with Crippen molar-refractivity contribution >= 4 is 11.9 Å². The number of benzene rings is 1. The van der Waals surface area contributed by atoms with E-state index in [1.54, 1.807) is 0 Å². The van der Waals surface area contributed by atoms with E-state index >= 15 is 0 Å². The maximum absolute atomic E-state index is 14.0. The summed E-state index contributed by atoms with van der Waals surface area (Å²) < 4.78 is 36.7. The first-order valence-corrected chi connectivity index (χ1v) is 6.18. The molecule has 0 aliphatic carbocycles. The molecule has 0 aromatic heterocycles. The Bertz CT molecular complexity index is 596. The van der Waals surface area contributed by atoms with Crippen LogP contribution in [-0.4, -0.2) is 42.7 Å². The first-order chi connectivity index (χ1) is 10.7. The van der Waals surface area contributed by atoms with E-state index in [1.807, 2.05) is 0 Å². The molecule has 10 heteroatoms. The zero-order valence-electron chi connectivity index (χ0n) is 12.1. The number of ether oxygens (including phenoxy) is 2. The van der Waals surface area contributed by atoms with Crippen LogP contribution in [0.2, 0.25) is 0 Å². The number of esters is 2. The average molecular weight is 333 g/mol. The van der Waals surface area contributed by atoms with E-state index in [0.717, 1.165) is 14.2 Å². The lowest BCUT2D eigenvalue weighted by Crippen LogP contribution is -2.36. The van der Waals surface area contributed by atoms with Crippen LogP contribution in [0.1, 0.15) is 11.5 Å². The van der Waals surface area contributed by atoms with Crippen LogP contribution in [0.5, 0.6) is 5.75 Å². The first kappa shape index (κ1) is 18.3. The van der Waals surface area contributed by atoms with Crippen molar-refractivity contribution in [2.45, 2.75) is 5.92 Å². The van der Waals surface area contributed by atoms with Crippen molar-refractivity contribution in [2.24, 2.45) is 5.92 Å². The van der Waals surface area contributed by atoms with Crippen molar-refractivity contribution in [3.8, 4) is 5.75 Å². The van der Waals surface area contributed by atoms with Gasteiger partial charge in [0.05, 0.1) is 20.1 Å². The van der Waals surface area contributed by atoms with Crippen LogP contribution in [0.4, 0.5) is 8.78 Å². The number of aromatic hydroxyl groups is 1. The number of methoxy groups -OCH3 is 2. The van der Waals surface area contributed by atoms with E-state index in [2.05, 4.69) is 9.47 Å². The molecule has 1 aromatic carbocycles. The van der Waals surface area contributed by atoms with E-state index in [0.29, 0.717) is 12.1 Å². The second kappa shape index (κ2) is 7.47. The highest BCUT2D eigenvalue weighted by Crippen LogP contribution is 2.33. The summed E-state index contributed by atoms with van der Waals surface area (Å²) in [5, 5.41) is 19.9. The molecule has 0 radical (unpaired) electrons. The zero-order valence-corrected chi connectivity index (χ0v) is 12.1. The molecule has 126 valence electrons. The topological polar surface area (TPSA) is 116 Å². The quantitative estimate of drug-likeness (QED) is 0.357. The molecule has 1 atom stereocenters. The number of carbonyl (C=O) groups excluding carboxylic acids is 2. The van der Waals surface area contributed by atoms with E-state index < -0.39 is 58.2 Å². The van der Waals surface area contributed by atoms with Crippen LogP contribution < -0.4 is 0 Å². The minimum absolute atomic E-state index is 0.511. The summed E-state index contributed by atoms with van der Waals surface area (Å²) in [6.45, 7) is -1.13. The Hall–Kier alpha value is -2.78. The molecule has 23 heavy (non-hydrogen) atoms. The van der Waals surface area contributed by atoms with Gasteiger partial charge in [-0.05, 0) is 0 Å². The second-order valence-electron chi connectivity index (χ2n) is 4.47. The molecule has 0 saturated carbocycles. The Kier molecular flexibility index (Phi) is 5.94. The monoisotopic (exact) mass is 333 g/mol. The summed E-state index contributed by atoms with van der Waals surface area (Å²) in [5.74, 6) is -9.67. The molecule has 0 aliphatic rings. The summed E-state index contributed by atoms with van der Waals surface area (Å²) in [6, 6.07) is 1.02. The maximum atomic E-state index is 14.0. The van der Waals surface area contributed by atoms with Gasteiger partial charge in [-0.25, -0.2) is 8.78 Å². The minimum Gasteiger partial charge on any atom is -0.508 e. The highest BCUT2D eigenvalue weighted by atomic mass is 19.1. The van der Waals surface area contributed by atoms with Gasteiger partial charge in [0.25, 0.3) is 0 Å². The summed E-state index contributed by atoms with van der Waals surface area (Å²) in [5.41, 5.74) is -0.889. The van der Waals surface area contributed by atoms with Crippen LogP contribution in [0.25, 0.3) is 0 Å². The fourth-order valence-electron chi connectivity index (χ4n) is 2.13. The Balaban J connectivity index is 3.52. The van der Waals surface area contributed by atoms with Gasteiger partial charge in [0.1, 0.15) is 17.4 Å². The van der Waals surface area contributed by atoms with Gasteiger partial charge >= 0.3 is 11.9 Å². The molecule has 0 heterocycles. The predicted molar refractivity (Wildman–Crippen MR) is 70.1 cm³/mol. The third-order valence-corrected chi connectivity index (χ3v) is 3.09. The third-order valence-electron chi connectivity index (χ3n) is 3.09. The molecule has 0 fully saturated rings. The Morgan fingerprint density at radius 2 is 1.65 bits per heavy atom. The van der Waals surface area contributed by atoms with Gasteiger partial charge in [0, 0.05) is 22.6 Å². The molecule has 0 aliphatic heterocycles. The molecule has 1 aromatic rings. The third kappa shape index (κ3) is 4.11. The van der Waals surface area contributed by atoms with Gasteiger partial charge in [-0.3, -0.25) is 19.7 Å². The lowest BCUT2D eigenvalue weighted by atomic mass is 9.85. The molecule has 0 bridgehead atoms. The van der Waals surface area contributed by atoms with Crippen LogP contribution in [0, 0.1) is 27.7 Å². The van der Waals surface area contributed by atoms with Crippen molar-refractivity contribution in [2.75, 3.05) is 20.8 Å². The standard InChI is InChI=1S/C13H13F2NO7/c1-22-12(18)11(13(19)23-2)7(5-16(20)21)10-8(14)3-6(17)4-9(10)15/h3-4,7,11,17H,5H2,1-2H3/t7-/m0/s1. The summed E-state index contributed by atoms with van der Waals surface area (Å²) in [4.78, 5) is 33.4. The van der Waals surface area contributed by atoms with E-state index in [-0.39, 0.29) is 0 Å². The fourth-order valence-corrected chi connectivity index (χ4v) is 2.13. The number of rotatable bonds is 6.